The van der Waals surface area contributed by atoms with Crippen LogP contribution >= 0.6 is 11.3 Å². The van der Waals surface area contributed by atoms with Crippen LogP contribution in [0.3, 0.4) is 0 Å². The van der Waals surface area contributed by atoms with E-state index in [9.17, 15) is 0 Å². The molecule has 0 bridgehead atoms. The van der Waals surface area contributed by atoms with Gasteiger partial charge in [-0.15, -0.1) is 11.3 Å². The fourth-order valence-electron chi connectivity index (χ4n) is 1.31. The molecular weight excluding hydrogens is 184 g/mol. The van der Waals surface area contributed by atoms with Crippen LogP contribution in [0.25, 0.3) is 0 Å². The molecule has 72 valence electrons. The quantitative estimate of drug-likeness (QED) is 0.783. The van der Waals surface area contributed by atoms with Crippen LogP contribution in [0.2, 0.25) is 0 Å². The zero-order valence-corrected chi connectivity index (χ0v) is 8.56. The molecular formula is C9H14N2OS. The van der Waals surface area contributed by atoms with Crippen LogP contribution in [0.5, 0.6) is 0 Å². The van der Waals surface area contributed by atoms with Gasteiger partial charge in [0.05, 0.1) is 30.5 Å². The number of rotatable bonds is 4. The number of aryl methyl sites for hydroxylation is 1. The number of ether oxygens (including phenoxy) is 1. The molecule has 1 aliphatic rings. The minimum absolute atomic E-state index is 0.591. The van der Waals surface area contributed by atoms with E-state index in [4.69, 9.17) is 4.74 Å². The summed E-state index contributed by atoms with van der Waals surface area (Å²) in [6.07, 6.45) is 1.09. The molecule has 0 aromatic carbocycles. The second-order valence-corrected chi connectivity index (χ2v) is 4.24. The predicted molar refractivity (Wildman–Crippen MR) is 53.2 cm³/mol. The van der Waals surface area contributed by atoms with Crippen LogP contribution in [0.1, 0.15) is 10.6 Å². The Labute approximate surface area is 82.1 Å². The van der Waals surface area contributed by atoms with E-state index >= 15 is 0 Å². The fraction of sp³-hybridized carbons (Fsp3) is 0.667. The summed E-state index contributed by atoms with van der Waals surface area (Å²) >= 11 is 1.74. The highest BCUT2D eigenvalue weighted by Gasteiger charge is 2.16. The Morgan fingerprint density at radius 1 is 1.69 bits per heavy atom. The molecule has 0 atom stereocenters. The van der Waals surface area contributed by atoms with Gasteiger partial charge in [-0.3, -0.25) is 0 Å². The molecule has 1 aliphatic heterocycles. The molecule has 2 rings (SSSR count). The van der Waals surface area contributed by atoms with Gasteiger partial charge in [-0.25, -0.2) is 4.98 Å². The lowest BCUT2D eigenvalue weighted by molar-refractivity contribution is -0.00465. The highest BCUT2D eigenvalue weighted by molar-refractivity contribution is 7.09. The lowest BCUT2D eigenvalue weighted by Crippen LogP contribution is -2.46. The van der Waals surface area contributed by atoms with E-state index in [0.29, 0.717) is 6.04 Å². The standard InChI is InChI=1S/C9H14N2OS/c1-7-9(13-6-11-7)2-3-10-8-4-12-5-8/h6,8,10H,2-5H2,1H3. The Bertz CT molecular complexity index is 270. The predicted octanol–water partition coefficient (Wildman–Crippen LogP) is 0.982. The van der Waals surface area contributed by atoms with Gasteiger partial charge in [0.25, 0.3) is 0 Å². The van der Waals surface area contributed by atoms with Crippen molar-refractivity contribution in [1.29, 1.82) is 0 Å². The number of hydrogen-bond acceptors (Lipinski definition) is 4. The number of hydrogen-bond donors (Lipinski definition) is 1. The van der Waals surface area contributed by atoms with Crippen molar-refractivity contribution < 1.29 is 4.74 Å². The second kappa shape index (κ2) is 4.17. The number of nitrogens with one attached hydrogen (secondary N) is 1. The molecule has 1 aromatic rings. The molecule has 1 N–H and O–H groups in total. The van der Waals surface area contributed by atoms with Crippen molar-refractivity contribution in [3.8, 4) is 0 Å². The Morgan fingerprint density at radius 2 is 2.54 bits per heavy atom. The van der Waals surface area contributed by atoms with Crippen molar-refractivity contribution in [3.63, 3.8) is 0 Å². The Balaban J connectivity index is 1.70. The molecule has 0 radical (unpaired) electrons. The molecule has 4 heteroatoms. The summed E-state index contributed by atoms with van der Waals surface area (Å²) in [6, 6.07) is 0.591. The molecule has 2 heterocycles. The van der Waals surface area contributed by atoms with E-state index in [0.717, 1.165) is 26.2 Å². The van der Waals surface area contributed by atoms with E-state index in [1.807, 2.05) is 5.51 Å². The Hall–Kier alpha value is -0.450. The van der Waals surface area contributed by atoms with Gasteiger partial charge < -0.3 is 10.1 Å². The summed E-state index contributed by atoms with van der Waals surface area (Å²) < 4.78 is 5.07. The Morgan fingerprint density at radius 3 is 3.08 bits per heavy atom. The van der Waals surface area contributed by atoms with Gasteiger partial charge in [0.15, 0.2) is 0 Å². The van der Waals surface area contributed by atoms with Crippen LogP contribution in [0, 0.1) is 6.92 Å². The SMILES string of the molecule is Cc1ncsc1CCNC1COC1. The molecule has 0 aliphatic carbocycles. The largest absolute Gasteiger partial charge is 0.378 e. The zero-order chi connectivity index (χ0) is 9.10. The van der Waals surface area contributed by atoms with E-state index < -0.39 is 0 Å². The monoisotopic (exact) mass is 198 g/mol. The summed E-state index contributed by atoms with van der Waals surface area (Å²) in [7, 11) is 0. The summed E-state index contributed by atoms with van der Waals surface area (Å²) in [6.45, 7) is 4.86. The second-order valence-electron chi connectivity index (χ2n) is 3.30. The lowest BCUT2D eigenvalue weighted by Gasteiger charge is -2.26. The van der Waals surface area contributed by atoms with Gasteiger partial charge >= 0.3 is 0 Å². The highest BCUT2D eigenvalue weighted by Crippen LogP contribution is 2.12. The molecule has 0 unspecified atom stereocenters. The first-order chi connectivity index (χ1) is 6.36. The summed E-state index contributed by atoms with van der Waals surface area (Å²) in [5.41, 5.74) is 3.09. The smallest absolute Gasteiger partial charge is 0.0797 e. The van der Waals surface area contributed by atoms with Gasteiger partial charge in [0, 0.05) is 11.4 Å². The molecule has 1 saturated heterocycles. The molecule has 1 fully saturated rings. The molecule has 0 saturated carbocycles. The molecule has 0 amide bonds. The van der Waals surface area contributed by atoms with E-state index in [2.05, 4.69) is 17.2 Å². The highest BCUT2D eigenvalue weighted by atomic mass is 32.1. The van der Waals surface area contributed by atoms with Crippen LogP contribution in [0.4, 0.5) is 0 Å². The van der Waals surface area contributed by atoms with Crippen LogP contribution in [-0.2, 0) is 11.2 Å². The van der Waals surface area contributed by atoms with Crippen molar-refractivity contribution in [1.82, 2.24) is 10.3 Å². The van der Waals surface area contributed by atoms with Crippen molar-refractivity contribution in [2.24, 2.45) is 0 Å². The maximum Gasteiger partial charge on any atom is 0.0797 e. The molecule has 1 aromatic heterocycles. The first-order valence-electron chi connectivity index (χ1n) is 4.56. The topological polar surface area (TPSA) is 34.2 Å². The third-order valence-electron chi connectivity index (χ3n) is 2.27. The number of aromatic nitrogens is 1. The van der Waals surface area contributed by atoms with Gasteiger partial charge in [-0.1, -0.05) is 0 Å². The van der Waals surface area contributed by atoms with Crippen LogP contribution < -0.4 is 5.32 Å². The third kappa shape index (κ3) is 2.27. The summed E-state index contributed by atoms with van der Waals surface area (Å²) in [4.78, 5) is 5.61. The maximum atomic E-state index is 5.07. The van der Waals surface area contributed by atoms with E-state index in [1.165, 1.54) is 10.6 Å². The van der Waals surface area contributed by atoms with Crippen molar-refractivity contribution in [2.75, 3.05) is 19.8 Å². The average Bonchev–Trinajstić information content (AvgIpc) is 2.42. The van der Waals surface area contributed by atoms with Crippen LogP contribution in [0.15, 0.2) is 5.51 Å². The number of nitrogens with zero attached hydrogens (tertiary/aromatic N) is 1. The van der Waals surface area contributed by atoms with Crippen molar-refractivity contribution in [3.05, 3.63) is 16.1 Å². The first kappa shape index (κ1) is 9.12. The maximum absolute atomic E-state index is 5.07. The fourth-order valence-corrected chi connectivity index (χ4v) is 2.09. The van der Waals surface area contributed by atoms with Crippen molar-refractivity contribution >= 4 is 11.3 Å². The van der Waals surface area contributed by atoms with Gasteiger partial charge in [-0.05, 0) is 13.3 Å². The normalized spacial score (nSPS) is 17.3. The van der Waals surface area contributed by atoms with Gasteiger partial charge in [0.2, 0.25) is 0 Å². The first-order valence-corrected chi connectivity index (χ1v) is 5.44. The van der Waals surface area contributed by atoms with E-state index in [-0.39, 0.29) is 0 Å². The third-order valence-corrected chi connectivity index (χ3v) is 3.26. The molecule has 13 heavy (non-hydrogen) atoms. The van der Waals surface area contributed by atoms with Gasteiger partial charge in [-0.2, -0.15) is 0 Å². The minimum Gasteiger partial charge on any atom is -0.378 e. The zero-order valence-electron chi connectivity index (χ0n) is 7.75. The Kier molecular flexibility index (Phi) is 2.93. The van der Waals surface area contributed by atoms with Crippen LogP contribution in [-0.4, -0.2) is 30.8 Å². The van der Waals surface area contributed by atoms with Crippen molar-refractivity contribution in [2.45, 2.75) is 19.4 Å². The summed E-state index contributed by atoms with van der Waals surface area (Å²) in [5.74, 6) is 0. The molecule has 0 spiro atoms. The number of thiazole rings is 1. The summed E-state index contributed by atoms with van der Waals surface area (Å²) in [5, 5.41) is 3.44. The minimum atomic E-state index is 0.591. The average molecular weight is 198 g/mol. The van der Waals surface area contributed by atoms with Gasteiger partial charge in [0.1, 0.15) is 0 Å². The molecule has 3 nitrogen and oxygen atoms in total. The van der Waals surface area contributed by atoms with E-state index in [1.54, 1.807) is 11.3 Å². The lowest BCUT2D eigenvalue weighted by atomic mass is 10.2.